The van der Waals surface area contributed by atoms with Crippen LogP contribution in [0, 0.1) is 11.8 Å². The van der Waals surface area contributed by atoms with Gasteiger partial charge in [0.1, 0.15) is 6.61 Å². The first-order valence-electron chi connectivity index (χ1n) is 9.96. The van der Waals surface area contributed by atoms with Crippen molar-refractivity contribution in [3.05, 3.63) is 59.7 Å². The Morgan fingerprint density at radius 3 is 2.30 bits per heavy atom. The van der Waals surface area contributed by atoms with E-state index in [1.165, 1.54) is 22.3 Å². The summed E-state index contributed by atoms with van der Waals surface area (Å²) in [5, 5.41) is 12.3. The molecule has 2 N–H and O–H groups in total. The third-order valence-corrected chi connectivity index (χ3v) is 6.03. The third kappa shape index (κ3) is 3.86. The Hall–Kier alpha value is -2.33. The zero-order valence-electron chi connectivity index (χ0n) is 15.6. The summed E-state index contributed by atoms with van der Waals surface area (Å²) in [4.78, 5) is 12.2. The minimum absolute atomic E-state index is 0.0941. The molecule has 2 aromatic carbocycles. The van der Waals surface area contributed by atoms with Crippen molar-refractivity contribution in [2.24, 2.45) is 11.8 Å². The molecule has 27 heavy (non-hydrogen) atoms. The number of nitrogens with one attached hydrogen (secondary N) is 1. The number of ether oxygens (including phenoxy) is 1. The molecule has 2 aliphatic carbocycles. The van der Waals surface area contributed by atoms with Gasteiger partial charge in [0.2, 0.25) is 0 Å². The number of fused-ring (bicyclic) bond motifs is 3. The number of alkyl carbamates (subject to hydrolysis) is 1. The lowest BCUT2D eigenvalue weighted by atomic mass is 9.82. The summed E-state index contributed by atoms with van der Waals surface area (Å²) in [6.45, 7) is 1.23. The summed E-state index contributed by atoms with van der Waals surface area (Å²) in [6, 6.07) is 16.7. The summed E-state index contributed by atoms with van der Waals surface area (Å²) in [5.41, 5.74) is 4.92. The van der Waals surface area contributed by atoms with E-state index < -0.39 is 0 Å². The number of carbonyl (C=O) groups excluding carboxylic acids is 1. The number of aliphatic hydroxyl groups excluding tert-OH is 1. The molecule has 4 rings (SSSR count). The van der Waals surface area contributed by atoms with Crippen molar-refractivity contribution in [3.63, 3.8) is 0 Å². The SMILES string of the molecule is O=C(NCC1CCCC(CO)C1)OCC1c2ccccc2-c2ccccc21. The van der Waals surface area contributed by atoms with Crippen molar-refractivity contribution in [2.75, 3.05) is 19.8 Å². The predicted octanol–water partition coefficient (Wildman–Crippen LogP) is 4.32. The molecule has 0 aliphatic heterocycles. The van der Waals surface area contributed by atoms with E-state index >= 15 is 0 Å². The van der Waals surface area contributed by atoms with Crippen LogP contribution in [0.15, 0.2) is 48.5 Å². The van der Waals surface area contributed by atoms with E-state index in [9.17, 15) is 9.90 Å². The lowest BCUT2D eigenvalue weighted by Crippen LogP contribution is -2.33. The number of aliphatic hydroxyl groups is 1. The molecule has 0 spiro atoms. The molecule has 0 saturated heterocycles. The fourth-order valence-electron chi connectivity index (χ4n) is 4.63. The van der Waals surface area contributed by atoms with E-state index in [1.54, 1.807) is 0 Å². The van der Waals surface area contributed by atoms with Crippen molar-refractivity contribution in [2.45, 2.75) is 31.6 Å². The Bertz CT molecular complexity index is 758. The Morgan fingerprint density at radius 1 is 1.00 bits per heavy atom. The summed E-state index contributed by atoms with van der Waals surface area (Å²) in [5.74, 6) is 0.918. The van der Waals surface area contributed by atoms with Crippen LogP contribution in [0.25, 0.3) is 11.1 Å². The summed E-state index contributed by atoms with van der Waals surface area (Å²) in [6.07, 6.45) is 3.98. The van der Waals surface area contributed by atoms with Crippen LogP contribution in [0.5, 0.6) is 0 Å². The van der Waals surface area contributed by atoms with Gasteiger partial charge in [-0.05, 0) is 53.4 Å². The molecular weight excluding hydrogens is 338 g/mol. The fraction of sp³-hybridized carbons (Fsp3) is 0.435. The van der Waals surface area contributed by atoms with Crippen LogP contribution in [0.3, 0.4) is 0 Å². The van der Waals surface area contributed by atoms with Crippen molar-refractivity contribution in [3.8, 4) is 11.1 Å². The average molecular weight is 365 g/mol. The molecular formula is C23H27NO3. The number of benzene rings is 2. The molecule has 1 fully saturated rings. The zero-order chi connectivity index (χ0) is 18.6. The molecule has 2 atom stereocenters. The average Bonchev–Trinajstić information content (AvgIpc) is 3.05. The zero-order valence-corrected chi connectivity index (χ0v) is 15.6. The Balaban J connectivity index is 1.34. The minimum atomic E-state index is -0.344. The normalized spacial score (nSPS) is 21.4. The smallest absolute Gasteiger partial charge is 0.407 e. The standard InChI is InChI=1S/C23H27NO3/c25-14-17-7-5-6-16(12-17)13-24-23(26)27-15-22-20-10-3-1-8-18(20)19-9-2-4-11-21(19)22/h1-4,8-11,16-17,22,25H,5-7,12-15H2,(H,24,26). The molecule has 0 aromatic heterocycles. The molecule has 1 amide bonds. The molecule has 0 bridgehead atoms. The molecule has 0 heterocycles. The van der Waals surface area contributed by atoms with Gasteiger partial charge in [-0.25, -0.2) is 4.79 Å². The second-order valence-electron chi connectivity index (χ2n) is 7.79. The van der Waals surface area contributed by atoms with Crippen molar-refractivity contribution in [1.29, 1.82) is 0 Å². The number of carbonyl (C=O) groups is 1. The highest BCUT2D eigenvalue weighted by atomic mass is 16.5. The van der Waals surface area contributed by atoms with Crippen LogP contribution in [0.4, 0.5) is 4.79 Å². The van der Waals surface area contributed by atoms with Gasteiger partial charge in [-0.1, -0.05) is 55.0 Å². The van der Waals surface area contributed by atoms with Crippen LogP contribution < -0.4 is 5.32 Å². The van der Waals surface area contributed by atoms with Gasteiger partial charge >= 0.3 is 6.09 Å². The van der Waals surface area contributed by atoms with Gasteiger partial charge < -0.3 is 15.2 Å². The Kier molecular flexibility index (Phi) is 5.44. The highest BCUT2D eigenvalue weighted by molar-refractivity contribution is 5.79. The molecule has 2 aliphatic rings. The largest absolute Gasteiger partial charge is 0.449 e. The number of amides is 1. The van der Waals surface area contributed by atoms with Crippen LogP contribution in [0.2, 0.25) is 0 Å². The fourth-order valence-corrected chi connectivity index (χ4v) is 4.63. The van der Waals surface area contributed by atoms with Gasteiger partial charge in [-0.15, -0.1) is 0 Å². The van der Waals surface area contributed by atoms with E-state index in [1.807, 2.05) is 12.1 Å². The highest BCUT2D eigenvalue weighted by Crippen LogP contribution is 2.44. The van der Waals surface area contributed by atoms with Crippen molar-refractivity contribution < 1.29 is 14.6 Å². The number of hydrogen-bond donors (Lipinski definition) is 2. The number of rotatable bonds is 5. The second-order valence-corrected chi connectivity index (χ2v) is 7.79. The molecule has 142 valence electrons. The maximum atomic E-state index is 12.2. The molecule has 4 heteroatoms. The van der Waals surface area contributed by atoms with Crippen LogP contribution in [0.1, 0.15) is 42.7 Å². The maximum absolute atomic E-state index is 12.2. The van der Waals surface area contributed by atoms with E-state index in [-0.39, 0.29) is 18.6 Å². The van der Waals surface area contributed by atoms with E-state index in [2.05, 4.69) is 41.7 Å². The minimum Gasteiger partial charge on any atom is -0.449 e. The quantitative estimate of drug-likeness (QED) is 0.829. The van der Waals surface area contributed by atoms with Gasteiger partial charge in [0, 0.05) is 19.1 Å². The van der Waals surface area contributed by atoms with E-state index in [4.69, 9.17) is 4.74 Å². The topological polar surface area (TPSA) is 58.6 Å². The molecule has 0 radical (unpaired) electrons. The summed E-state index contributed by atoms with van der Waals surface area (Å²) < 4.78 is 5.58. The second kappa shape index (κ2) is 8.13. The Labute approximate surface area is 160 Å². The van der Waals surface area contributed by atoms with Gasteiger partial charge in [0.15, 0.2) is 0 Å². The van der Waals surface area contributed by atoms with Gasteiger partial charge in [0.25, 0.3) is 0 Å². The first-order valence-corrected chi connectivity index (χ1v) is 9.96. The van der Waals surface area contributed by atoms with Gasteiger partial charge in [-0.3, -0.25) is 0 Å². The van der Waals surface area contributed by atoms with Crippen molar-refractivity contribution >= 4 is 6.09 Å². The third-order valence-electron chi connectivity index (χ3n) is 6.03. The lowest BCUT2D eigenvalue weighted by molar-refractivity contribution is 0.133. The maximum Gasteiger partial charge on any atom is 0.407 e. The first kappa shape index (κ1) is 18.1. The van der Waals surface area contributed by atoms with Crippen LogP contribution in [-0.2, 0) is 4.74 Å². The first-order chi connectivity index (χ1) is 13.3. The van der Waals surface area contributed by atoms with Crippen molar-refractivity contribution in [1.82, 2.24) is 5.32 Å². The number of hydrogen-bond acceptors (Lipinski definition) is 3. The molecule has 4 nitrogen and oxygen atoms in total. The monoisotopic (exact) mass is 365 g/mol. The lowest BCUT2D eigenvalue weighted by Gasteiger charge is -2.27. The molecule has 1 saturated carbocycles. The molecule has 2 aromatic rings. The van der Waals surface area contributed by atoms with Crippen LogP contribution in [-0.4, -0.2) is 31.0 Å². The summed E-state index contributed by atoms with van der Waals surface area (Å²) in [7, 11) is 0. The predicted molar refractivity (Wildman–Crippen MR) is 106 cm³/mol. The van der Waals surface area contributed by atoms with Crippen LogP contribution >= 0.6 is 0 Å². The van der Waals surface area contributed by atoms with Gasteiger partial charge in [0.05, 0.1) is 0 Å². The Morgan fingerprint density at radius 2 is 1.63 bits per heavy atom. The van der Waals surface area contributed by atoms with E-state index in [0.29, 0.717) is 25.0 Å². The highest BCUT2D eigenvalue weighted by Gasteiger charge is 2.29. The van der Waals surface area contributed by atoms with Gasteiger partial charge in [-0.2, -0.15) is 0 Å². The van der Waals surface area contributed by atoms with E-state index in [0.717, 1.165) is 25.7 Å². The molecule has 2 unspecified atom stereocenters. The summed E-state index contributed by atoms with van der Waals surface area (Å²) >= 11 is 0.